The quantitative estimate of drug-likeness (QED) is 0.0363. The number of carbonyl (C=O) groups excluding carboxylic acids is 4. The summed E-state index contributed by atoms with van der Waals surface area (Å²) in [5, 5.41) is 8.60. The maximum absolute atomic E-state index is 13.6. The number of rotatable bonds is 22. The monoisotopic (exact) mass is 1330 g/mol. The molecule has 0 radical (unpaired) electrons. The van der Waals surface area contributed by atoms with E-state index < -0.39 is 32.6 Å². The van der Waals surface area contributed by atoms with Crippen molar-refractivity contribution in [3.05, 3.63) is 203 Å². The van der Waals surface area contributed by atoms with Gasteiger partial charge in [-0.3, -0.25) is 28.3 Å². The molecule has 1 atom stereocenters. The minimum Gasteiger partial charge on any atom is -0.487 e. The summed E-state index contributed by atoms with van der Waals surface area (Å²) in [6, 6.07) is 41.1. The Morgan fingerprint density at radius 2 is 1.21 bits per heavy atom. The highest BCUT2D eigenvalue weighted by atomic mass is 35.5. The van der Waals surface area contributed by atoms with E-state index in [9.17, 15) is 40.6 Å². The first-order valence-corrected chi connectivity index (χ1v) is 32.7. The Morgan fingerprint density at radius 1 is 0.641 bits per heavy atom. The molecule has 20 nitrogen and oxygen atoms in total. The van der Waals surface area contributed by atoms with Crippen molar-refractivity contribution in [1.82, 2.24) is 30.2 Å². The number of furan rings is 2. The van der Waals surface area contributed by atoms with Crippen LogP contribution in [0.3, 0.4) is 0 Å². The molecule has 2 N–H and O–H groups in total. The molecule has 4 aromatic heterocycles. The number of nitrogens with zero attached hydrogens (tertiary/aromatic N) is 6. The Bertz CT molecular complexity index is 4430. The Morgan fingerprint density at radius 3 is 1.75 bits per heavy atom. The zero-order chi connectivity index (χ0) is 66.1. The summed E-state index contributed by atoms with van der Waals surface area (Å²) in [6.07, 6.45) is 5.68. The third-order valence-electron chi connectivity index (χ3n) is 13.3. The minimum absolute atomic E-state index is 0.0475. The van der Waals surface area contributed by atoms with Crippen LogP contribution in [0.15, 0.2) is 167 Å². The van der Waals surface area contributed by atoms with Crippen LogP contribution in [0.2, 0.25) is 10.0 Å². The molecule has 10 aromatic rings. The van der Waals surface area contributed by atoms with Gasteiger partial charge in [-0.2, -0.15) is 0 Å². The zero-order valence-electron chi connectivity index (χ0n) is 50.6. The summed E-state index contributed by atoms with van der Waals surface area (Å²) in [6.45, 7) is 6.82. The van der Waals surface area contributed by atoms with Crippen LogP contribution in [0.5, 0.6) is 11.5 Å². The first-order valence-electron chi connectivity index (χ1n) is 28.2. The number of hydrogen-bond donors (Lipinski definition) is 2. The summed E-state index contributed by atoms with van der Waals surface area (Å²) in [5.74, 6) is 2.33. The van der Waals surface area contributed by atoms with Crippen molar-refractivity contribution in [2.45, 2.75) is 54.0 Å². The van der Waals surface area contributed by atoms with Gasteiger partial charge in [-0.15, -0.1) is 0 Å². The molecule has 0 saturated carbocycles. The van der Waals surface area contributed by atoms with E-state index >= 15 is 0 Å². The minimum atomic E-state index is -3.25. The fraction of sp³-hybridized carbons (Fsp3) is 0.212. The number of carbonyl (C=O) groups is 4. The fourth-order valence-electron chi connectivity index (χ4n) is 8.98. The second-order valence-electron chi connectivity index (χ2n) is 20.6. The molecule has 0 aliphatic heterocycles. The van der Waals surface area contributed by atoms with Crippen molar-refractivity contribution in [2.75, 3.05) is 47.3 Å². The van der Waals surface area contributed by atoms with Gasteiger partial charge in [0.2, 0.25) is 11.8 Å². The number of ether oxygens (including phenoxy) is 3. The number of benzene rings is 6. The molecule has 478 valence electrons. The van der Waals surface area contributed by atoms with E-state index in [0.29, 0.717) is 91.8 Å². The number of sulfone groups is 1. The van der Waals surface area contributed by atoms with Gasteiger partial charge in [-0.1, -0.05) is 47.5 Å². The van der Waals surface area contributed by atoms with E-state index in [2.05, 4.69) is 35.3 Å². The summed E-state index contributed by atoms with van der Waals surface area (Å²) in [4.78, 5) is 65.2. The van der Waals surface area contributed by atoms with Gasteiger partial charge in [-0.05, 0) is 132 Å². The highest BCUT2D eigenvalue weighted by Gasteiger charge is 2.22. The normalized spacial score (nSPS) is 11.4. The van der Waals surface area contributed by atoms with Gasteiger partial charge in [0, 0.05) is 97.4 Å². The number of aromatic nitrogens is 4. The van der Waals surface area contributed by atoms with E-state index in [1.807, 2.05) is 42.5 Å². The Hall–Kier alpha value is -9.46. The summed E-state index contributed by atoms with van der Waals surface area (Å²) >= 11 is 13.0. The maximum Gasteiger partial charge on any atom is 0.310 e. The molecule has 1 unspecified atom stereocenters. The Balaban J connectivity index is 0.000000217. The van der Waals surface area contributed by atoms with Gasteiger partial charge < -0.3 is 38.6 Å². The van der Waals surface area contributed by atoms with E-state index in [-0.39, 0.29) is 60.5 Å². The van der Waals surface area contributed by atoms with Gasteiger partial charge in [-0.25, -0.2) is 37.1 Å². The van der Waals surface area contributed by atoms with Crippen LogP contribution >= 0.6 is 23.2 Å². The van der Waals surface area contributed by atoms with Crippen molar-refractivity contribution in [3.63, 3.8) is 0 Å². The third-order valence-corrected chi connectivity index (χ3v) is 15.6. The van der Waals surface area contributed by atoms with Gasteiger partial charge >= 0.3 is 11.9 Å². The zero-order valence-corrected chi connectivity index (χ0v) is 53.7. The van der Waals surface area contributed by atoms with E-state index in [1.54, 1.807) is 85.1 Å². The second kappa shape index (κ2) is 32.0. The number of anilines is 4. The molecule has 4 heterocycles. The highest BCUT2D eigenvalue weighted by molar-refractivity contribution is 7.90. The number of nitrogens with one attached hydrogen (secondary N) is 2. The van der Waals surface area contributed by atoms with Crippen LogP contribution in [-0.2, 0) is 70.9 Å². The first kappa shape index (κ1) is 68.4. The maximum atomic E-state index is 13.6. The van der Waals surface area contributed by atoms with Crippen LogP contribution in [0.4, 0.5) is 31.8 Å². The van der Waals surface area contributed by atoms with Crippen molar-refractivity contribution in [1.29, 1.82) is 0 Å². The molecule has 26 heteroatoms. The molecule has 2 amide bonds. The summed E-state index contributed by atoms with van der Waals surface area (Å²) in [7, 11) is -4.08. The Kier molecular flexibility index (Phi) is 23.8. The van der Waals surface area contributed by atoms with Crippen LogP contribution < -0.4 is 25.0 Å². The predicted molar refractivity (Wildman–Crippen MR) is 349 cm³/mol. The van der Waals surface area contributed by atoms with Crippen LogP contribution in [0.25, 0.3) is 44.5 Å². The summed E-state index contributed by atoms with van der Waals surface area (Å²) in [5.41, 5.74) is 5.44. The number of fused-ring (bicyclic) bond motifs is 2. The van der Waals surface area contributed by atoms with Gasteiger partial charge in [0.25, 0.3) is 0 Å². The molecular weight excluding hydrogens is 1270 g/mol. The standard InChI is InChI=1S/C33H30ClFN4O6S.C29H26ClFN4O3S.C4H6O3/c1-21(40)38(13-14-46(3,42)43)18-27-9-12-31(45-27)24-7-10-30-28(16-24)33(37-20-36-30)39(22(2)41)26-8-11-32(29(34)17-26)44-19-23-5-4-6-25(35)15-23;1-39(36)12-11-32-16-23-7-10-27(38-23)20-5-8-26-24(14-20)29(34-18-33-26)35-22-6-9-28(25(30)15-22)37-17-19-3-2-4-21(31)13-19;1-3(5)7-4(2)6/h4-12,15-17,20H,13-14,18-19H2,1-3H3;2-10,13-15,18,32H,11-12,16-17H2,1H3,(H,33,34,35);1-2H3. The van der Waals surface area contributed by atoms with Gasteiger partial charge in [0.05, 0.1) is 45.6 Å². The lowest BCUT2D eigenvalue weighted by molar-refractivity contribution is -0.156. The molecule has 6 aromatic carbocycles. The van der Waals surface area contributed by atoms with Crippen molar-refractivity contribution in [3.8, 4) is 34.1 Å². The van der Waals surface area contributed by atoms with Crippen molar-refractivity contribution in [2.24, 2.45) is 0 Å². The van der Waals surface area contributed by atoms with E-state index in [1.165, 1.54) is 74.4 Å². The molecule has 0 saturated heterocycles. The van der Waals surface area contributed by atoms with Crippen LogP contribution in [0, 0.1) is 11.6 Å². The molecule has 0 bridgehead atoms. The number of hydrogen-bond acceptors (Lipinski definition) is 18. The van der Waals surface area contributed by atoms with E-state index in [4.69, 9.17) is 41.5 Å². The Labute approximate surface area is 541 Å². The van der Waals surface area contributed by atoms with Gasteiger partial charge in [0.15, 0.2) is 5.82 Å². The van der Waals surface area contributed by atoms with Crippen LogP contribution in [0.1, 0.15) is 50.3 Å². The lowest BCUT2D eigenvalue weighted by Crippen LogP contribution is -2.32. The molecule has 0 fully saturated rings. The SMILES string of the molecule is CC(=O)N(CCS(C)(=O)=O)Cc1ccc(-c2ccc3ncnc(N(C(C)=O)c4ccc(OCc5cccc(F)c5)c(Cl)c4)c3c2)o1.CC(=O)OC(C)=O.CS(=O)CCNCc1ccc(-c2ccc3ncnc(Nc4ccc(OCc5cccc(F)c5)c(Cl)c4)c3c2)o1. The number of amides is 2. The number of esters is 2. The molecule has 0 aliphatic rings. The predicted octanol–water partition coefficient (Wildman–Crippen LogP) is 12.9. The fourth-order valence-corrected chi connectivity index (χ4v) is 10.4. The topological polar surface area (TPSA) is 256 Å². The third kappa shape index (κ3) is 20.0. The first-order chi connectivity index (χ1) is 43.9. The molecule has 0 aliphatic carbocycles. The second-order valence-corrected chi connectivity index (χ2v) is 25.2. The average molecular weight is 1330 g/mol. The van der Waals surface area contributed by atoms with E-state index in [0.717, 1.165) is 39.9 Å². The van der Waals surface area contributed by atoms with Gasteiger partial charge in [0.1, 0.15) is 87.7 Å². The molecular formula is C66H62Cl2F2N8O12S2. The van der Waals surface area contributed by atoms with Crippen molar-refractivity contribution >= 4 is 112 Å². The molecule has 92 heavy (non-hydrogen) atoms. The lowest BCUT2D eigenvalue weighted by Gasteiger charge is -2.22. The lowest BCUT2D eigenvalue weighted by atomic mass is 10.1. The molecule has 10 rings (SSSR count). The van der Waals surface area contributed by atoms with Crippen LogP contribution in [-0.4, -0.2) is 98.3 Å². The molecule has 0 spiro atoms. The largest absolute Gasteiger partial charge is 0.487 e. The average Bonchev–Trinajstić information content (AvgIpc) is 1.07. The summed E-state index contributed by atoms with van der Waals surface area (Å²) < 4.78 is 89.0. The van der Waals surface area contributed by atoms with Crippen molar-refractivity contribution < 1.29 is 63.6 Å². The number of halogens is 4. The highest BCUT2D eigenvalue weighted by Crippen LogP contribution is 2.38. The smallest absolute Gasteiger partial charge is 0.310 e.